The summed E-state index contributed by atoms with van der Waals surface area (Å²) in [5.74, 6) is -2.25. The second kappa shape index (κ2) is 18.6. The van der Waals surface area contributed by atoms with E-state index in [-0.39, 0.29) is 62.8 Å². The Labute approximate surface area is 355 Å². The molecule has 326 valence electrons. The van der Waals surface area contributed by atoms with Crippen molar-refractivity contribution in [2.75, 3.05) is 30.6 Å². The molecule has 0 aliphatic rings. The van der Waals surface area contributed by atoms with Gasteiger partial charge in [-0.3, -0.25) is 13.9 Å². The van der Waals surface area contributed by atoms with Gasteiger partial charge in [-0.25, -0.2) is 16.8 Å². The summed E-state index contributed by atoms with van der Waals surface area (Å²) in [5.41, 5.74) is -1.02. The first kappa shape index (κ1) is 46.5. The van der Waals surface area contributed by atoms with Crippen molar-refractivity contribution < 1.29 is 62.2 Å². The summed E-state index contributed by atoms with van der Waals surface area (Å²) in [5, 5.41) is 34.4. The number of azo groups is 2. The number of rotatable bonds is 18. The maximum absolute atomic E-state index is 13.2. The van der Waals surface area contributed by atoms with Gasteiger partial charge in [0.15, 0.2) is 9.84 Å². The number of benzene rings is 5. The molecule has 5 aromatic carbocycles. The van der Waals surface area contributed by atoms with E-state index in [1.54, 1.807) is 30.3 Å². The van der Waals surface area contributed by atoms with E-state index in [1.165, 1.54) is 26.4 Å². The standard InChI is InChI=1S/C38H36N6O14S4/c1-5-59(47,48)16-10-13-36(46)40-27-19-30(34(62(54,55)56)21-28(27)41-42-29-20-33(58-4)35(22-32(29)57-3)60(49,50)6-2)43-44-38-26(39-24-11-8-7-9-12-24)15-14-23-17-25(61(51,52)53)18-31(45)37(23)38/h5-9,11-12,14-15,17-22,39,45H,1-2,10,13,16H2,3-4H3,(H,40,46)(H,51,52,53)(H,54,55,56). The Morgan fingerprint density at radius 3 is 1.98 bits per heavy atom. The Hall–Kier alpha value is -6.57. The molecule has 0 heterocycles. The molecule has 0 radical (unpaired) electrons. The molecule has 0 atom stereocenters. The van der Waals surface area contributed by atoms with Crippen LogP contribution in [0.3, 0.4) is 0 Å². The fraction of sp³-hybridized carbons (Fsp3) is 0.132. The molecule has 0 unspecified atom stereocenters. The SMILES string of the molecule is C=CS(=O)(=O)CCCC(=O)Nc1cc(N=Nc2c(Nc3ccccc3)ccc3cc(S(=O)(=O)O)cc(O)c23)c(S(=O)(=O)O)cc1N=Nc1cc(OC)c(S(=O)(=O)C=C)cc1OC. The van der Waals surface area contributed by atoms with Crippen LogP contribution < -0.4 is 20.1 Å². The molecule has 24 heteroatoms. The predicted molar refractivity (Wildman–Crippen MR) is 229 cm³/mol. The molecule has 0 aliphatic carbocycles. The lowest BCUT2D eigenvalue weighted by molar-refractivity contribution is -0.116. The Morgan fingerprint density at radius 1 is 0.710 bits per heavy atom. The number of ether oxygens (including phenoxy) is 2. The van der Waals surface area contributed by atoms with Gasteiger partial charge in [0.2, 0.25) is 15.7 Å². The van der Waals surface area contributed by atoms with Crippen LogP contribution in [0, 0.1) is 0 Å². The van der Waals surface area contributed by atoms with Gasteiger partial charge in [0.05, 0.1) is 41.6 Å². The van der Waals surface area contributed by atoms with Gasteiger partial charge in [-0.05, 0) is 48.2 Å². The van der Waals surface area contributed by atoms with E-state index in [0.29, 0.717) is 11.1 Å². The summed E-state index contributed by atoms with van der Waals surface area (Å²) in [6.07, 6.45) is -0.537. The Kier molecular flexibility index (Phi) is 13.9. The minimum Gasteiger partial charge on any atom is -0.507 e. The lowest BCUT2D eigenvalue weighted by atomic mass is 10.1. The first-order valence-electron chi connectivity index (χ1n) is 17.5. The molecule has 0 saturated heterocycles. The van der Waals surface area contributed by atoms with Gasteiger partial charge < -0.3 is 25.2 Å². The maximum atomic E-state index is 13.2. The number of carbonyl (C=O) groups excluding carboxylic acids is 1. The van der Waals surface area contributed by atoms with Crippen molar-refractivity contribution in [2.24, 2.45) is 20.5 Å². The van der Waals surface area contributed by atoms with Crippen LogP contribution in [-0.4, -0.2) is 73.8 Å². The van der Waals surface area contributed by atoms with Crippen LogP contribution >= 0.6 is 0 Å². The lowest BCUT2D eigenvalue weighted by Crippen LogP contribution is -2.13. The largest absolute Gasteiger partial charge is 0.507 e. The minimum absolute atomic E-state index is 0.0459. The molecule has 0 bridgehead atoms. The van der Waals surface area contributed by atoms with Crippen molar-refractivity contribution in [2.45, 2.75) is 27.5 Å². The number of phenols is 1. The highest BCUT2D eigenvalue weighted by molar-refractivity contribution is 7.94. The van der Waals surface area contributed by atoms with Crippen molar-refractivity contribution in [3.8, 4) is 17.2 Å². The molecule has 0 aliphatic heterocycles. The van der Waals surface area contributed by atoms with Crippen molar-refractivity contribution in [1.82, 2.24) is 0 Å². The number of hydrogen-bond donors (Lipinski definition) is 5. The van der Waals surface area contributed by atoms with Gasteiger partial charge >= 0.3 is 0 Å². The first-order chi connectivity index (χ1) is 29.1. The quantitative estimate of drug-likeness (QED) is 0.0413. The van der Waals surface area contributed by atoms with Crippen molar-refractivity contribution in [3.05, 3.63) is 103 Å². The fourth-order valence-corrected chi connectivity index (χ4v) is 8.39. The smallest absolute Gasteiger partial charge is 0.296 e. The third-order valence-corrected chi connectivity index (χ3v) is 13.1. The van der Waals surface area contributed by atoms with E-state index in [1.807, 2.05) is 0 Å². The average Bonchev–Trinajstić information content (AvgIpc) is 3.21. The van der Waals surface area contributed by atoms with E-state index in [4.69, 9.17) is 9.47 Å². The van der Waals surface area contributed by atoms with Crippen molar-refractivity contribution >= 4 is 96.4 Å². The van der Waals surface area contributed by atoms with Crippen LogP contribution in [0.4, 0.5) is 39.8 Å². The lowest BCUT2D eigenvalue weighted by Gasteiger charge is -2.14. The van der Waals surface area contributed by atoms with Crippen LogP contribution in [0.5, 0.6) is 17.2 Å². The zero-order valence-corrected chi connectivity index (χ0v) is 35.7. The van der Waals surface area contributed by atoms with E-state index in [9.17, 15) is 52.7 Å². The van der Waals surface area contributed by atoms with Crippen LogP contribution in [0.25, 0.3) is 10.8 Å². The predicted octanol–water partition coefficient (Wildman–Crippen LogP) is 7.82. The molecular weight excluding hydrogens is 893 g/mol. The Morgan fingerprint density at radius 2 is 1.37 bits per heavy atom. The van der Waals surface area contributed by atoms with Crippen LogP contribution in [0.2, 0.25) is 0 Å². The molecule has 0 spiro atoms. The number of methoxy groups -OCH3 is 2. The third-order valence-electron chi connectivity index (χ3n) is 8.62. The maximum Gasteiger partial charge on any atom is 0.296 e. The molecule has 5 aromatic rings. The van der Waals surface area contributed by atoms with Crippen LogP contribution in [0.15, 0.2) is 138 Å². The zero-order valence-electron chi connectivity index (χ0n) is 32.5. The van der Waals surface area contributed by atoms with Crippen molar-refractivity contribution in [3.63, 3.8) is 0 Å². The average molecular weight is 929 g/mol. The van der Waals surface area contributed by atoms with Gasteiger partial charge in [0, 0.05) is 41.1 Å². The van der Waals surface area contributed by atoms with Crippen molar-refractivity contribution in [1.29, 1.82) is 0 Å². The summed E-state index contributed by atoms with van der Waals surface area (Å²) in [7, 11) is -15.4. The molecule has 5 N–H and O–H groups in total. The number of anilines is 3. The monoisotopic (exact) mass is 928 g/mol. The Bertz CT molecular complexity index is 3120. The molecule has 0 fully saturated rings. The molecule has 0 saturated carbocycles. The van der Waals surface area contributed by atoms with Crippen LogP contribution in [0.1, 0.15) is 12.8 Å². The van der Waals surface area contributed by atoms with Gasteiger partial charge in [-0.2, -0.15) is 16.8 Å². The van der Waals surface area contributed by atoms with E-state index >= 15 is 0 Å². The highest BCUT2D eigenvalue weighted by Gasteiger charge is 2.24. The van der Waals surface area contributed by atoms with Gasteiger partial charge in [0.25, 0.3) is 20.2 Å². The van der Waals surface area contributed by atoms with Gasteiger partial charge in [-0.15, -0.1) is 20.5 Å². The van der Waals surface area contributed by atoms with E-state index < -0.39 is 78.5 Å². The molecular formula is C38H36N6O14S4. The summed E-state index contributed by atoms with van der Waals surface area (Å²) in [6.45, 7) is 6.53. The first-order valence-corrected chi connectivity index (χ1v) is 23.6. The second-order valence-corrected chi connectivity index (χ2v) is 19.5. The summed E-state index contributed by atoms with van der Waals surface area (Å²) < 4.78 is 130. The summed E-state index contributed by atoms with van der Waals surface area (Å²) in [6, 6.07) is 17.1. The second-order valence-electron chi connectivity index (χ2n) is 12.8. The topological polar surface area (TPSA) is 306 Å². The summed E-state index contributed by atoms with van der Waals surface area (Å²) >= 11 is 0. The van der Waals surface area contributed by atoms with Crippen LogP contribution in [-0.2, 0) is 44.7 Å². The van der Waals surface area contributed by atoms with E-state index in [0.717, 1.165) is 41.8 Å². The summed E-state index contributed by atoms with van der Waals surface area (Å²) in [4.78, 5) is 11.3. The van der Waals surface area contributed by atoms with E-state index in [2.05, 4.69) is 44.2 Å². The van der Waals surface area contributed by atoms with Gasteiger partial charge in [-0.1, -0.05) is 37.4 Å². The normalized spacial score (nSPS) is 12.4. The number of nitrogens with zero attached hydrogens (tertiary/aromatic N) is 4. The number of hydrogen-bond acceptors (Lipinski definition) is 17. The minimum atomic E-state index is -5.23. The highest BCUT2D eigenvalue weighted by atomic mass is 32.2. The number of sulfone groups is 2. The molecule has 20 nitrogen and oxygen atoms in total. The third kappa shape index (κ3) is 11.0. The molecule has 5 rings (SSSR count). The number of para-hydroxylation sites is 1. The Balaban J connectivity index is 1.73. The highest BCUT2D eigenvalue weighted by Crippen LogP contribution is 2.45. The number of aromatic hydroxyl groups is 1. The molecule has 1 amide bonds. The number of fused-ring (bicyclic) bond motifs is 1. The number of carbonyl (C=O) groups is 1. The number of nitrogens with one attached hydrogen (secondary N) is 2. The number of amides is 1. The molecule has 0 aromatic heterocycles. The molecule has 62 heavy (non-hydrogen) atoms. The fourth-order valence-electron chi connectivity index (χ4n) is 5.64. The zero-order chi connectivity index (χ0) is 45.6. The van der Waals surface area contributed by atoms with Gasteiger partial charge in [0.1, 0.15) is 49.8 Å². The number of phenolic OH excluding ortho intramolecular Hbond substituents is 1.